The summed E-state index contributed by atoms with van der Waals surface area (Å²) in [4.78, 5) is 16.8. The van der Waals surface area contributed by atoms with E-state index in [9.17, 15) is 13.2 Å². The second kappa shape index (κ2) is 7.21. The Balaban J connectivity index is 1.49. The van der Waals surface area contributed by atoms with Crippen LogP contribution in [0.1, 0.15) is 12.8 Å². The smallest absolute Gasteiger partial charge is 0.323 e. The fourth-order valence-corrected chi connectivity index (χ4v) is 5.01. The average molecular weight is 387 g/mol. The van der Waals surface area contributed by atoms with Crippen molar-refractivity contribution < 1.29 is 13.2 Å². The molecule has 0 saturated carbocycles. The van der Waals surface area contributed by atoms with Gasteiger partial charge < -0.3 is 14.7 Å². The van der Waals surface area contributed by atoms with Crippen LogP contribution in [-0.2, 0) is 10.0 Å². The van der Waals surface area contributed by atoms with E-state index in [4.69, 9.17) is 4.74 Å². The number of aromatic nitrogens is 2. The van der Waals surface area contributed by atoms with E-state index in [2.05, 4.69) is 9.97 Å². The lowest BCUT2D eigenvalue weighted by molar-refractivity contribution is 0.180. The fourth-order valence-electron chi connectivity index (χ4n) is 3.43. The molecule has 142 valence electrons. The molecule has 2 aromatic carbocycles. The molecule has 1 aliphatic rings. The molecule has 1 unspecified atom stereocenters. The van der Waals surface area contributed by atoms with Crippen LogP contribution in [0.3, 0.4) is 0 Å². The van der Waals surface area contributed by atoms with Gasteiger partial charge in [0.1, 0.15) is 5.75 Å². The van der Waals surface area contributed by atoms with Crippen molar-refractivity contribution in [3.8, 4) is 5.75 Å². The number of H-pyrrole nitrogens is 2. The van der Waals surface area contributed by atoms with E-state index in [1.165, 1.54) is 16.4 Å². The van der Waals surface area contributed by atoms with Gasteiger partial charge in [-0.15, -0.1) is 0 Å². The lowest BCUT2D eigenvalue weighted by Crippen LogP contribution is -2.41. The summed E-state index contributed by atoms with van der Waals surface area (Å²) in [7, 11) is -3.62. The Bertz CT molecular complexity index is 1090. The Kier molecular flexibility index (Phi) is 4.75. The van der Waals surface area contributed by atoms with E-state index in [0.717, 1.165) is 18.6 Å². The molecule has 1 aliphatic heterocycles. The van der Waals surface area contributed by atoms with Crippen LogP contribution >= 0.6 is 0 Å². The highest BCUT2D eigenvalue weighted by atomic mass is 32.2. The highest BCUT2D eigenvalue weighted by Crippen LogP contribution is 2.25. The lowest BCUT2D eigenvalue weighted by atomic mass is 10.0. The van der Waals surface area contributed by atoms with Crippen molar-refractivity contribution in [3.63, 3.8) is 0 Å². The summed E-state index contributed by atoms with van der Waals surface area (Å²) in [6.07, 6.45) is 1.73. The highest BCUT2D eigenvalue weighted by Gasteiger charge is 2.30. The molecule has 0 amide bonds. The number of nitrogens with one attached hydrogen (secondary N) is 2. The largest absolute Gasteiger partial charge is 0.493 e. The maximum absolute atomic E-state index is 13.0. The van der Waals surface area contributed by atoms with Crippen molar-refractivity contribution in [1.82, 2.24) is 14.3 Å². The normalized spacial score (nSPS) is 18.6. The van der Waals surface area contributed by atoms with Gasteiger partial charge in [-0.1, -0.05) is 18.2 Å². The molecule has 1 atom stereocenters. The van der Waals surface area contributed by atoms with E-state index in [1.54, 1.807) is 6.07 Å². The Morgan fingerprint density at radius 2 is 1.85 bits per heavy atom. The number of imidazole rings is 1. The summed E-state index contributed by atoms with van der Waals surface area (Å²) >= 11 is 0. The second-order valence-electron chi connectivity index (χ2n) is 6.78. The van der Waals surface area contributed by atoms with Crippen LogP contribution < -0.4 is 10.4 Å². The number of ether oxygens (including phenoxy) is 1. The Morgan fingerprint density at radius 3 is 2.67 bits per heavy atom. The maximum Gasteiger partial charge on any atom is 0.323 e. The SMILES string of the molecule is O=c1[nH]c2ccc(S(=O)(=O)N3CCCC(COc4ccccc4)C3)cc2[nH]1. The molecule has 8 heteroatoms. The molecule has 27 heavy (non-hydrogen) atoms. The molecule has 1 saturated heterocycles. The van der Waals surface area contributed by atoms with E-state index >= 15 is 0 Å². The van der Waals surface area contributed by atoms with Crippen LogP contribution in [-0.4, -0.2) is 42.4 Å². The first-order valence-corrected chi connectivity index (χ1v) is 10.4. The number of aromatic amines is 2. The summed E-state index contributed by atoms with van der Waals surface area (Å²) in [5.74, 6) is 0.934. The number of fused-ring (bicyclic) bond motifs is 1. The van der Waals surface area contributed by atoms with E-state index in [0.29, 0.717) is 30.7 Å². The van der Waals surface area contributed by atoms with Gasteiger partial charge in [0, 0.05) is 19.0 Å². The van der Waals surface area contributed by atoms with Gasteiger partial charge in [0.05, 0.1) is 22.5 Å². The predicted molar refractivity (Wildman–Crippen MR) is 102 cm³/mol. The van der Waals surface area contributed by atoms with Gasteiger partial charge in [-0.05, 0) is 43.2 Å². The van der Waals surface area contributed by atoms with Gasteiger partial charge in [0.15, 0.2) is 0 Å². The molecule has 1 aromatic heterocycles. The fraction of sp³-hybridized carbons (Fsp3) is 0.316. The number of piperidine rings is 1. The van der Waals surface area contributed by atoms with Crippen molar-refractivity contribution in [2.45, 2.75) is 17.7 Å². The van der Waals surface area contributed by atoms with E-state index < -0.39 is 10.0 Å². The Hall–Kier alpha value is -2.58. The first kappa shape index (κ1) is 17.8. The zero-order chi connectivity index (χ0) is 18.9. The van der Waals surface area contributed by atoms with Crippen LogP contribution in [0.15, 0.2) is 58.2 Å². The van der Waals surface area contributed by atoms with Gasteiger partial charge >= 0.3 is 5.69 Å². The first-order valence-electron chi connectivity index (χ1n) is 8.92. The summed E-state index contributed by atoms with van der Waals surface area (Å²) in [5.41, 5.74) is 0.726. The van der Waals surface area contributed by atoms with Gasteiger partial charge in [-0.2, -0.15) is 4.31 Å². The topological polar surface area (TPSA) is 95.3 Å². The summed E-state index contributed by atoms with van der Waals surface area (Å²) in [6, 6.07) is 14.2. The maximum atomic E-state index is 13.0. The molecule has 4 rings (SSSR count). The zero-order valence-corrected chi connectivity index (χ0v) is 15.5. The third-order valence-corrected chi connectivity index (χ3v) is 6.70. The van der Waals surface area contributed by atoms with Crippen molar-refractivity contribution in [3.05, 3.63) is 59.0 Å². The van der Waals surface area contributed by atoms with Crippen LogP contribution in [0.5, 0.6) is 5.75 Å². The molecule has 2 N–H and O–H groups in total. The quantitative estimate of drug-likeness (QED) is 0.702. The number of sulfonamides is 1. The van der Waals surface area contributed by atoms with Gasteiger partial charge in [0.2, 0.25) is 10.0 Å². The van der Waals surface area contributed by atoms with Crippen molar-refractivity contribution in [2.24, 2.45) is 5.92 Å². The number of hydrogen-bond acceptors (Lipinski definition) is 4. The van der Waals surface area contributed by atoms with Crippen molar-refractivity contribution >= 4 is 21.1 Å². The highest BCUT2D eigenvalue weighted by molar-refractivity contribution is 7.89. The molecule has 1 fully saturated rings. The van der Waals surface area contributed by atoms with Crippen LogP contribution in [0, 0.1) is 5.92 Å². The van der Waals surface area contributed by atoms with E-state index in [-0.39, 0.29) is 16.5 Å². The number of rotatable bonds is 5. The van der Waals surface area contributed by atoms with Crippen molar-refractivity contribution in [2.75, 3.05) is 19.7 Å². The molecule has 2 heterocycles. The minimum atomic E-state index is -3.62. The predicted octanol–water partition coefficient (Wildman–Crippen LogP) is 2.34. The third kappa shape index (κ3) is 3.77. The lowest BCUT2D eigenvalue weighted by Gasteiger charge is -2.31. The molecule has 3 aromatic rings. The third-order valence-electron chi connectivity index (χ3n) is 4.84. The number of nitrogens with zero attached hydrogens (tertiary/aromatic N) is 1. The molecular formula is C19H21N3O4S. The summed E-state index contributed by atoms with van der Waals surface area (Å²) < 4.78 is 33.4. The van der Waals surface area contributed by atoms with Gasteiger partial charge in [-0.3, -0.25) is 0 Å². The van der Waals surface area contributed by atoms with Crippen LogP contribution in [0.2, 0.25) is 0 Å². The molecule has 0 aliphatic carbocycles. The number of benzene rings is 2. The standard InChI is InChI=1S/C19H21N3O4S/c23-19-20-17-9-8-16(11-18(17)21-19)27(24,25)22-10-4-5-14(12-22)13-26-15-6-2-1-3-7-15/h1-3,6-9,11,14H,4-5,10,12-13H2,(H2,20,21,23). The Labute approximate surface area is 157 Å². The minimum Gasteiger partial charge on any atom is -0.493 e. The molecule has 7 nitrogen and oxygen atoms in total. The minimum absolute atomic E-state index is 0.143. The second-order valence-corrected chi connectivity index (χ2v) is 8.72. The van der Waals surface area contributed by atoms with Crippen LogP contribution in [0.25, 0.3) is 11.0 Å². The summed E-state index contributed by atoms with van der Waals surface area (Å²) in [6.45, 7) is 1.41. The van der Waals surface area contributed by atoms with E-state index in [1.807, 2.05) is 30.3 Å². The zero-order valence-electron chi connectivity index (χ0n) is 14.7. The molecule has 0 spiro atoms. The van der Waals surface area contributed by atoms with Crippen molar-refractivity contribution in [1.29, 1.82) is 0 Å². The summed E-state index contributed by atoms with van der Waals surface area (Å²) in [5, 5.41) is 0. The first-order chi connectivity index (χ1) is 13.0. The van der Waals surface area contributed by atoms with Crippen LogP contribution in [0.4, 0.5) is 0 Å². The number of para-hydroxylation sites is 1. The number of hydrogen-bond donors (Lipinski definition) is 2. The monoisotopic (exact) mass is 387 g/mol. The Morgan fingerprint density at radius 1 is 1.07 bits per heavy atom. The molecule has 0 radical (unpaired) electrons. The molecular weight excluding hydrogens is 366 g/mol. The molecule has 0 bridgehead atoms. The van der Waals surface area contributed by atoms with Gasteiger partial charge in [-0.25, -0.2) is 13.2 Å². The van der Waals surface area contributed by atoms with Gasteiger partial charge in [0.25, 0.3) is 0 Å². The average Bonchev–Trinajstić information content (AvgIpc) is 3.06.